The molecule has 0 fully saturated rings. The molecular weight excluding hydrogens is 198 g/mol. The first-order chi connectivity index (χ1) is 7.15. The van der Waals surface area contributed by atoms with Crippen LogP contribution >= 0.6 is 0 Å². The number of aliphatic carboxylic acids is 1. The minimum Gasteiger partial charge on any atom is -0.491 e. The largest absolute Gasteiger partial charge is 0.491 e. The molecule has 0 saturated heterocycles. The fraction of sp³-hybridized carbons (Fsp3) is 0.300. The summed E-state index contributed by atoms with van der Waals surface area (Å²) in [6.45, 7) is 0.153. The Labute approximate surface area is 87.1 Å². The van der Waals surface area contributed by atoms with Crippen LogP contribution in [0, 0.1) is 0 Å². The second-order valence-electron chi connectivity index (χ2n) is 2.96. The van der Waals surface area contributed by atoms with Crippen LogP contribution in [0.2, 0.25) is 0 Å². The summed E-state index contributed by atoms with van der Waals surface area (Å²) in [6.07, 6.45) is 0. The second-order valence-corrected chi connectivity index (χ2v) is 2.96. The van der Waals surface area contributed by atoms with Gasteiger partial charge < -0.3 is 20.7 Å². The number of carboxylic acids is 1. The Morgan fingerprint density at radius 2 is 2.00 bits per heavy atom. The van der Waals surface area contributed by atoms with E-state index in [-0.39, 0.29) is 13.2 Å². The summed E-state index contributed by atoms with van der Waals surface area (Å²) in [5.74, 6) is -0.496. The van der Waals surface area contributed by atoms with Gasteiger partial charge in [-0.15, -0.1) is 0 Å². The molecule has 15 heavy (non-hydrogen) atoms. The quantitative estimate of drug-likeness (QED) is 0.644. The highest BCUT2D eigenvalue weighted by molar-refractivity contribution is 5.75. The van der Waals surface area contributed by atoms with Crippen molar-refractivity contribution in [2.45, 2.75) is 6.04 Å². The van der Waals surface area contributed by atoms with Gasteiger partial charge in [-0.1, -0.05) is 12.1 Å². The molecule has 0 heterocycles. The van der Waals surface area contributed by atoms with Crippen LogP contribution in [-0.4, -0.2) is 29.4 Å². The Balaban J connectivity index is 2.67. The summed E-state index contributed by atoms with van der Waals surface area (Å²) in [6, 6.07) is 5.40. The number of rotatable bonds is 5. The fourth-order valence-corrected chi connectivity index (χ4v) is 1.08. The lowest BCUT2D eigenvalue weighted by Gasteiger charge is -2.08. The molecular formula is C10H13NO4. The molecule has 82 valence electrons. The van der Waals surface area contributed by atoms with E-state index in [9.17, 15) is 4.79 Å². The van der Waals surface area contributed by atoms with E-state index in [0.717, 1.165) is 0 Å². The molecule has 1 rings (SSSR count). The molecule has 0 aliphatic rings. The van der Waals surface area contributed by atoms with Crippen LogP contribution < -0.4 is 10.5 Å². The predicted octanol–water partition coefficient (Wildman–Crippen LogP) is 0.142. The SMILES string of the molecule is NC(C(=O)O)c1ccc(OCCO)cc1. The van der Waals surface area contributed by atoms with Crippen molar-refractivity contribution in [3.63, 3.8) is 0 Å². The van der Waals surface area contributed by atoms with E-state index in [1.807, 2.05) is 0 Å². The van der Waals surface area contributed by atoms with Gasteiger partial charge in [-0.25, -0.2) is 0 Å². The fourth-order valence-electron chi connectivity index (χ4n) is 1.08. The van der Waals surface area contributed by atoms with Crippen molar-refractivity contribution in [1.29, 1.82) is 0 Å². The van der Waals surface area contributed by atoms with Crippen LogP contribution in [0.4, 0.5) is 0 Å². The summed E-state index contributed by atoms with van der Waals surface area (Å²) in [5, 5.41) is 17.2. The lowest BCUT2D eigenvalue weighted by Crippen LogP contribution is -2.20. The summed E-state index contributed by atoms with van der Waals surface area (Å²) < 4.78 is 5.11. The van der Waals surface area contributed by atoms with Crippen molar-refractivity contribution in [1.82, 2.24) is 0 Å². The van der Waals surface area contributed by atoms with Gasteiger partial charge in [0.25, 0.3) is 0 Å². The van der Waals surface area contributed by atoms with Gasteiger partial charge in [0.1, 0.15) is 18.4 Å². The molecule has 5 nitrogen and oxygen atoms in total. The topological polar surface area (TPSA) is 92.8 Å². The number of ether oxygens (including phenoxy) is 1. The van der Waals surface area contributed by atoms with Gasteiger partial charge in [0.05, 0.1) is 6.61 Å². The third-order valence-electron chi connectivity index (χ3n) is 1.87. The number of nitrogens with two attached hydrogens (primary N) is 1. The monoisotopic (exact) mass is 211 g/mol. The highest BCUT2D eigenvalue weighted by Crippen LogP contribution is 2.16. The Morgan fingerprint density at radius 3 is 2.47 bits per heavy atom. The molecule has 1 aromatic carbocycles. The van der Waals surface area contributed by atoms with E-state index in [1.165, 1.54) is 0 Å². The highest BCUT2D eigenvalue weighted by Gasteiger charge is 2.13. The number of hydrogen-bond acceptors (Lipinski definition) is 4. The molecule has 0 aromatic heterocycles. The standard InChI is InChI=1S/C10H13NO4/c11-9(10(13)14)7-1-3-8(4-2-7)15-6-5-12/h1-4,9,12H,5-6,11H2,(H,13,14). The van der Waals surface area contributed by atoms with Crippen LogP contribution in [0.1, 0.15) is 11.6 Å². The van der Waals surface area contributed by atoms with Gasteiger partial charge in [0.2, 0.25) is 0 Å². The second kappa shape index (κ2) is 5.33. The highest BCUT2D eigenvalue weighted by atomic mass is 16.5. The predicted molar refractivity (Wildman–Crippen MR) is 53.6 cm³/mol. The Kier molecular flexibility index (Phi) is 4.08. The van der Waals surface area contributed by atoms with Crippen molar-refractivity contribution in [3.05, 3.63) is 29.8 Å². The molecule has 0 spiro atoms. The van der Waals surface area contributed by atoms with E-state index in [2.05, 4.69) is 0 Å². The molecule has 5 heteroatoms. The molecule has 0 aliphatic carbocycles. The van der Waals surface area contributed by atoms with E-state index < -0.39 is 12.0 Å². The Bertz CT molecular complexity index is 323. The van der Waals surface area contributed by atoms with E-state index in [0.29, 0.717) is 11.3 Å². The maximum absolute atomic E-state index is 10.6. The molecule has 0 bridgehead atoms. The van der Waals surface area contributed by atoms with Crippen molar-refractivity contribution in [2.24, 2.45) is 5.73 Å². The van der Waals surface area contributed by atoms with Crippen LogP contribution in [0.3, 0.4) is 0 Å². The molecule has 0 amide bonds. The third kappa shape index (κ3) is 3.23. The smallest absolute Gasteiger partial charge is 0.325 e. The van der Waals surface area contributed by atoms with Crippen LogP contribution in [-0.2, 0) is 4.79 Å². The van der Waals surface area contributed by atoms with Gasteiger partial charge in [0.15, 0.2) is 0 Å². The van der Waals surface area contributed by atoms with Crippen molar-refractivity contribution in [2.75, 3.05) is 13.2 Å². The summed E-state index contributed by atoms with van der Waals surface area (Å²) >= 11 is 0. The van der Waals surface area contributed by atoms with Crippen molar-refractivity contribution >= 4 is 5.97 Å². The maximum atomic E-state index is 10.6. The molecule has 0 saturated carbocycles. The molecule has 1 atom stereocenters. The Morgan fingerprint density at radius 1 is 1.40 bits per heavy atom. The molecule has 4 N–H and O–H groups in total. The van der Waals surface area contributed by atoms with E-state index in [4.69, 9.17) is 20.7 Å². The first-order valence-corrected chi connectivity index (χ1v) is 4.47. The zero-order valence-corrected chi connectivity index (χ0v) is 8.09. The lowest BCUT2D eigenvalue weighted by molar-refractivity contribution is -0.138. The molecule has 1 unspecified atom stereocenters. The average Bonchev–Trinajstić information content (AvgIpc) is 2.26. The third-order valence-corrected chi connectivity index (χ3v) is 1.87. The van der Waals surface area contributed by atoms with Crippen LogP contribution in [0.15, 0.2) is 24.3 Å². The van der Waals surface area contributed by atoms with Gasteiger partial charge in [-0.2, -0.15) is 0 Å². The van der Waals surface area contributed by atoms with Gasteiger partial charge in [-0.05, 0) is 17.7 Å². The molecule has 0 radical (unpaired) electrons. The average molecular weight is 211 g/mol. The molecule has 1 aromatic rings. The van der Waals surface area contributed by atoms with Gasteiger partial charge >= 0.3 is 5.97 Å². The summed E-state index contributed by atoms with van der Waals surface area (Å²) in [4.78, 5) is 10.6. The minimum absolute atomic E-state index is 0.0591. The number of carbonyl (C=O) groups is 1. The summed E-state index contributed by atoms with van der Waals surface area (Å²) in [5.41, 5.74) is 5.92. The minimum atomic E-state index is -1.07. The lowest BCUT2D eigenvalue weighted by atomic mass is 10.1. The first-order valence-electron chi connectivity index (χ1n) is 4.47. The zero-order valence-electron chi connectivity index (χ0n) is 8.09. The zero-order chi connectivity index (χ0) is 11.3. The normalized spacial score (nSPS) is 12.1. The molecule has 0 aliphatic heterocycles. The number of benzene rings is 1. The van der Waals surface area contributed by atoms with Gasteiger partial charge in [-0.3, -0.25) is 4.79 Å². The van der Waals surface area contributed by atoms with E-state index >= 15 is 0 Å². The van der Waals surface area contributed by atoms with Crippen molar-refractivity contribution < 1.29 is 19.7 Å². The number of carboxylic acid groups (broad SMARTS) is 1. The Hall–Kier alpha value is -1.59. The van der Waals surface area contributed by atoms with E-state index in [1.54, 1.807) is 24.3 Å². The number of hydrogen-bond donors (Lipinski definition) is 3. The van der Waals surface area contributed by atoms with Crippen molar-refractivity contribution in [3.8, 4) is 5.75 Å². The number of aliphatic hydroxyl groups is 1. The summed E-state index contributed by atoms with van der Waals surface area (Å²) in [7, 11) is 0. The van der Waals surface area contributed by atoms with Gasteiger partial charge in [0, 0.05) is 0 Å². The first kappa shape index (κ1) is 11.5. The number of aliphatic hydroxyl groups excluding tert-OH is 1. The van der Waals surface area contributed by atoms with Crippen LogP contribution in [0.25, 0.3) is 0 Å². The maximum Gasteiger partial charge on any atom is 0.325 e. The van der Waals surface area contributed by atoms with Crippen LogP contribution in [0.5, 0.6) is 5.75 Å².